The number of hydrogen-bond acceptors (Lipinski definition) is 3. The van der Waals surface area contributed by atoms with Crippen LogP contribution in [-0.4, -0.2) is 15.0 Å². The van der Waals surface area contributed by atoms with Gasteiger partial charge in [0.1, 0.15) is 5.69 Å². The Morgan fingerprint density at radius 2 is 1.29 bits per heavy atom. The van der Waals surface area contributed by atoms with Gasteiger partial charge in [0.05, 0.1) is 11.4 Å². The molecule has 0 amide bonds. The van der Waals surface area contributed by atoms with Crippen molar-refractivity contribution in [2.24, 2.45) is 0 Å². The average molecular weight is 397 g/mol. The SMILES string of the molecule is C1=CC(c2cc(-c3c4ccccc4cc4ccccc34)nc(-c3ccccn3)n2)C=C1. The summed E-state index contributed by atoms with van der Waals surface area (Å²) in [4.78, 5) is 14.4. The third-order valence-corrected chi connectivity index (χ3v) is 5.76. The minimum absolute atomic E-state index is 0.144. The zero-order valence-electron chi connectivity index (χ0n) is 16.8. The molecule has 6 rings (SSSR count). The molecule has 1 aliphatic carbocycles. The topological polar surface area (TPSA) is 38.7 Å². The lowest BCUT2D eigenvalue weighted by Crippen LogP contribution is -2.02. The molecule has 5 aromatic rings. The monoisotopic (exact) mass is 397 g/mol. The Kier molecular flexibility index (Phi) is 4.17. The first-order chi connectivity index (χ1) is 15.4. The van der Waals surface area contributed by atoms with Crippen molar-refractivity contribution < 1.29 is 0 Å². The fourth-order valence-corrected chi connectivity index (χ4v) is 4.29. The van der Waals surface area contributed by atoms with Gasteiger partial charge in [0.25, 0.3) is 0 Å². The summed E-state index contributed by atoms with van der Waals surface area (Å²) in [6, 6.07) is 27.2. The van der Waals surface area contributed by atoms with E-state index in [2.05, 4.69) is 90.0 Å². The molecule has 146 valence electrons. The molecule has 2 aromatic heterocycles. The van der Waals surface area contributed by atoms with Crippen molar-refractivity contribution in [3.8, 4) is 22.8 Å². The van der Waals surface area contributed by atoms with E-state index in [4.69, 9.17) is 9.97 Å². The van der Waals surface area contributed by atoms with Crippen molar-refractivity contribution in [3.05, 3.63) is 115 Å². The molecule has 0 aliphatic heterocycles. The zero-order valence-corrected chi connectivity index (χ0v) is 16.8. The van der Waals surface area contributed by atoms with Gasteiger partial charge in [0, 0.05) is 17.7 Å². The third kappa shape index (κ3) is 3.11. The van der Waals surface area contributed by atoms with E-state index in [0.29, 0.717) is 5.82 Å². The van der Waals surface area contributed by atoms with Crippen molar-refractivity contribution in [1.82, 2.24) is 15.0 Å². The van der Waals surface area contributed by atoms with Crippen LogP contribution in [0.4, 0.5) is 0 Å². The van der Waals surface area contributed by atoms with Crippen LogP contribution in [0.1, 0.15) is 11.6 Å². The first kappa shape index (κ1) is 17.7. The molecule has 0 unspecified atom stereocenters. The average Bonchev–Trinajstić information content (AvgIpc) is 3.38. The number of allylic oxidation sites excluding steroid dienone is 4. The van der Waals surface area contributed by atoms with Crippen LogP contribution in [0.25, 0.3) is 44.3 Å². The fraction of sp³-hybridized carbons (Fsp3) is 0.0357. The van der Waals surface area contributed by atoms with Crippen molar-refractivity contribution in [3.63, 3.8) is 0 Å². The Morgan fingerprint density at radius 3 is 1.97 bits per heavy atom. The van der Waals surface area contributed by atoms with Crippen LogP contribution >= 0.6 is 0 Å². The lowest BCUT2D eigenvalue weighted by molar-refractivity contribution is 0.978. The number of hydrogen-bond donors (Lipinski definition) is 0. The van der Waals surface area contributed by atoms with Crippen LogP contribution in [-0.2, 0) is 0 Å². The maximum Gasteiger partial charge on any atom is 0.178 e. The molecule has 0 fully saturated rings. The van der Waals surface area contributed by atoms with E-state index in [-0.39, 0.29) is 5.92 Å². The van der Waals surface area contributed by atoms with Gasteiger partial charge in [0.15, 0.2) is 5.82 Å². The molecular weight excluding hydrogens is 378 g/mol. The van der Waals surface area contributed by atoms with Gasteiger partial charge in [-0.25, -0.2) is 9.97 Å². The third-order valence-electron chi connectivity index (χ3n) is 5.76. The van der Waals surface area contributed by atoms with Crippen LogP contribution in [0.3, 0.4) is 0 Å². The molecule has 0 spiro atoms. The number of fused-ring (bicyclic) bond motifs is 2. The van der Waals surface area contributed by atoms with Gasteiger partial charge >= 0.3 is 0 Å². The molecule has 0 N–H and O–H groups in total. The van der Waals surface area contributed by atoms with E-state index in [1.54, 1.807) is 6.20 Å². The predicted octanol–water partition coefficient (Wildman–Crippen LogP) is 6.72. The molecular formula is C28H19N3. The molecule has 3 aromatic carbocycles. The van der Waals surface area contributed by atoms with E-state index in [1.807, 2.05) is 18.2 Å². The van der Waals surface area contributed by atoms with Crippen LogP contribution in [0.5, 0.6) is 0 Å². The van der Waals surface area contributed by atoms with Gasteiger partial charge in [0.2, 0.25) is 0 Å². The second kappa shape index (κ2) is 7.29. The first-order valence-corrected chi connectivity index (χ1v) is 10.4. The summed E-state index contributed by atoms with van der Waals surface area (Å²) in [5.74, 6) is 0.796. The van der Waals surface area contributed by atoms with Gasteiger partial charge < -0.3 is 0 Å². The Hall–Kier alpha value is -4.11. The molecule has 0 saturated heterocycles. The second-order valence-corrected chi connectivity index (χ2v) is 7.71. The van der Waals surface area contributed by atoms with Gasteiger partial charge in [-0.05, 0) is 45.8 Å². The van der Waals surface area contributed by atoms with E-state index in [0.717, 1.165) is 22.6 Å². The molecule has 3 heteroatoms. The fourth-order valence-electron chi connectivity index (χ4n) is 4.29. The highest BCUT2D eigenvalue weighted by atomic mass is 14.9. The summed E-state index contributed by atoms with van der Waals surface area (Å²) in [5.41, 5.74) is 3.82. The summed E-state index contributed by atoms with van der Waals surface area (Å²) in [7, 11) is 0. The van der Waals surface area contributed by atoms with Gasteiger partial charge in [-0.1, -0.05) is 78.9 Å². The largest absolute Gasteiger partial charge is 0.253 e. The minimum atomic E-state index is 0.144. The molecule has 2 heterocycles. The Bertz CT molecular complexity index is 1420. The van der Waals surface area contributed by atoms with Gasteiger partial charge in [-0.2, -0.15) is 0 Å². The second-order valence-electron chi connectivity index (χ2n) is 7.71. The highest BCUT2D eigenvalue weighted by Crippen LogP contribution is 2.37. The summed E-state index contributed by atoms with van der Waals surface area (Å²) >= 11 is 0. The Morgan fingerprint density at radius 1 is 0.613 bits per heavy atom. The van der Waals surface area contributed by atoms with Crippen LogP contribution in [0.2, 0.25) is 0 Å². The maximum atomic E-state index is 5.02. The van der Waals surface area contributed by atoms with Gasteiger partial charge in [-0.15, -0.1) is 0 Å². The quantitative estimate of drug-likeness (QED) is 0.317. The van der Waals surface area contributed by atoms with Crippen molar-refractivity contribution in [2.75, 3.05) is 0 Å². The highest BCUT2D eigenvalue weighted by molar-refractivity contribution is 6.12. The predicted molar refractivity (Wildman–Crippen MR) is 127 cm³/mol. The smallest absolute Gasteiger partial charge is 0.178 e. The van der Waals surface area contributed by atoms with E-state index >= 15 is 0 Å². The number of benzene rings is 3. The molecule has 3 nitrogen and oxygen atoms in total. The number of nitrogens with zero attached hydrogens (tertiary/aromatic N) is 3. The molecule has 0 saturated carbocycles. The van der Waals surface area contributed by atoms with E-state index in [1.165, 1.54) is 21.5 Å². The highest BCUT2D eigenvalue weighted by Gasteiger charge is 2.18. The Labute approximate surface area is 180 Å². The molecule has 0 radical (unpaired) electrons. The molecule has 1 aliphatic rings. The minimum Gasteiger partial charge on any atom is -0.253 e. The summed E-state index contributed by atoms with van der Waals surface area (Å²) in [6.45, 7) is 0. The van der Waals surface area contributed by atoms with Crippen molar-refractivity contribution >= 4 is 21.5 Å². The molecule has 0 atom stereocenters. The summed E-state index contributed by atoms with van der Waals surface area (Å²) in [6.07, 6.45) is 10.2. The lowest BCUT2D eigenvalue weighted by atomic mass is 9.93. The lowest BCUT2D eigenvalue weighted by Gasteiger charge is -2.15. The Balaban J connectivity index is 1.69. The summed E-state index contributed by atoms with van der Waals surface area (Å²) < 4.78 is 0. The van der Waals surface area contributed by atoms with Crippen molar-refractivity contribution in [1.29, 1.82) is 0 Å². The number of aromatic nitrogens is 3. The van der Waals surface area contributed by atoms with E-state index < -0.39 is 0 Å². The first-order valence-electron chi connectivity index (χ1n) is 10.4. The number of rotatable bonds is 3. The van der Waals surface area contributed by atoms with Gasteiger partial charge in [-0.3, -0.25) is 4.98 Å². The van der Waals surface area contributed by atoms with Crippen LogP contribution in [0.15, 0.2) is 109 Å². The van der Waals surface area contributed by atoms with Crippen LogP contribution < -0.4 is 0 Å². The van der Waals surface area contributed by atoms with Crippen molar-refractivity contribution in [2.45, 2.75) is 5.92 Å². The normalized spacial score (nSPS) is 13.4. The van der Waals surface area contributed by atoms with Crippen LogP contribution in [0, 0.1) is 0 Å². The molecule has 31 heavy (non-hydrogen) atoms. The zero-order chi connectivity index (χ0) is 20.6. The van der Waals surface area contributed by atoms with E-state index in [9.17, 15) is 0 Å². The maximum absolute atomic E-state index is 5.02. The number of pyridine rings is 1. The molecule has 0 bridgehead atoms. The summed E-state index contributed by atoms with van der Waals surface area (Å²) in [5, 5.41) is 4.79. The standard InChI is InChI=1S/C28H19N3/c1-2-10-19(9-1)25-18-26(31-28(30-25)24-15-7-8-16-29-24)27-22-13-5-3-11-20(22)17-21-12-4-6-14-23(21)27/h1-19H.